The summed E-state index contributed by atoms with van der Waals surface area (Å²) in [4.78, 5) is 11.1. The number of hydrogen-bond acceptors (Lipinski definition) is 3. The highest BCUT2D eigenvalue weighted by Crippen LogP contribution is 2.15. The summed E-state index contributed by atoms with van der Waals surface area (Å²) in [6.07, 6.45) is 2.29. The first kappa shape index (κ1) is 14.5. The molecule has 0 saturated carbocycles. The predicted octanol–water partition coefficient (Wildman–Crippen LogP) is 1.81. The Bertz CT molecular complexity index is 367. The zero-order valence-electron chi connectivity index (χ0n) is 11.2. The lowest BCUT2D eigenvalue weighted by atomic mass is 10.1. The van der Waals surface area contributed by atoms with Crippen molar-refractivity contribution in [2.24, 2.45) is 0 Å². The van der Waals surface area contributed by atoms with E-state index in [0.29, 0.717) is 6.42 Å². The van der Waals surface area contributed by atoms with Crippen LogP contribution in [0, 0.1) is 0 Å². The number of methoxy groups -OCH3 is 1. The molecule has 0 spiro atoms. The van der Waals surface area contributed by atoms with Gasteiger partial charge in [0.25, 0.3) is 0 Å². The molecule has 0 radical (unpaired) electrons. The number of amides is 1. The number of carbonyl (C=O) groups is 1. The third-order valence-corrected chi connectivity index (χ3v) is 2.77. The molecule has 0 bridgehead atoms. The Balaban J connectivity index is 2.38. The normalized spacial score (nSPS) is 10.1. The molecule has 1 amide bonds. The van der Waals surface area contributed by atoms with Gasteiger partial charge in [-0.2, -0.15) is 0 Å². The summed E-state index contributed by atoms with van der Waals surface area (Å²) in [6.45, 7) is 1.52. The molecule has 4 nitrogen and oxygen atoms in total. The maximum atomic E-state index is 11.1. The van der Waals surface area contributed by atoms with Gasteiger partial charge in [-0.15, -0.1) is 0 Å². The number of anilines is 1. The van der Waals surface area contributed by atoms with E-state index in [2.05, 4.69) is 22.8 Å². The smallest absolute Gasteiger partial charge is 0.219 e. The fourth-order valence-electron chi connectivity index (χ4n) is 1.72. The first-order valence-electron chi connectivity index (χ1n) is 6.29. The maximum absolute atomic E-state index is 11.1. The Hall–Kier alpha value is -1.55. The Morgan fingerprint density at radius 1 is 1.33 bits per heavy atom. The van der Waals surface area contributed by atoms with Crippen LogP contribution in [0.5, 0.6) is 0 Å². The molecule has 0 aliphatic carbocycles. The quantitative estimate of drug-likeness (QED) is 0.692. The molecule has 4 heteroatoms. The van der Waals surface area contributed by atoms with E-state index in [1.165, 1.54) is 5.56 Å². The van der Waals surface area contributed by atoms with Crippen LogP contribution in [-0.2, 0) is 16.0 Å². The molecule has 0 aliphatic heterocycles. The number of benzene rings is 1. The van der Waals surface area contributed by atoms with Crippen molar-refractivity contribution in [2.45, 2.75) is 19.3 Å². The van der Waals surface area contributed by atoms with Gasteiger partial charge in [-0.25, -0.2) is 0 Å². The molecule has 0 heterocycles. The van der Waals surface area contributed by atoms with Gasteiger partial charge in [-0.3, -0.25) is 4.79 Å². The average Bonchev–Trinajstić information content (AvgIpc) is 2.42. The molecule has 0 fully saturated rings. The number of nitrogens with one attached hydrogen (secondary N) is 2. The molecule has 2 N–H and O–H groups in total. The molecule has 1 rings (SSSR count). The number of carbonyl (C=O) groups excluding carboxylic acids is 1. The van der Waals surface area contributed by atoms with E-state index in [-0.39, 0.29) is 5.91 Å². The van der Waals surface area contributed by atoms with E-state index in [4.69, 9.17) is 4.74 Å². The fraction of sp³-hybridized carbons (Fsp3) is 0.500. The third kappa shape index (κ3) is 5.19. The van der Waals surface area contributed by atoms with Gasteiger partial charge in [-0.05, 0) is 24.5 Å². The van der Waals surface area contributed by atoms with Crippen LogP contribution in [0.4, 0.5) is 5.69 Å². The van der Waals surface area contributed by atoms with Crippen molar-refractivity contribution >= 4 is 11.6 Å². The van der Waals surface area contributed by atoms with Gasteiger partial charge < -0.3 is 15.4 Å². The van der Waals surface area contributed by atoms with Crippen LogP contribution in [0.25, 0.3) is 0 Å². The molecule has 1 aromatic rings. The van der Waals surface area contributed by atoms with Gasteiger partial charge in [0.1, 0.15) is 0 Å². The van der Waals surface area contributed by atoms with E-state index in [0.717, 1.165) is 31.7 Å². The van der Waals surface area contributed by atoms with Crippen molar-refractivity contribution in [3.05, 3.63) is 29.8 Å². The number of ether oxygens (including phenoxy) is 1. The summed E-state index contributed by atoms with van der Waals surface area (Å²) in [6, 6.07) is 8.20. The van der Waals surface area contributed by atoms with Crippen molar-refractivity contribution in [1.29, 1.82) is 0 Å². The van der Waals surface area contributed by atoms with Crippen molar-refractivity contribution in [3.8, 4) is 0 Å². The third-order valence-electron chi connectivity index (χ3n) is 2.77. The average molecular weight is 250 g/mol. The highest BCUT2D eigenvalue weighted by atomic mass is 16.5. The van der Waals surface area contributed by atoms with Gasteiger partial charge in [0.15, 0.2) is 0 Å². The highest BCUT2D eigenvalue weighted by Gasteiger charge is 2.01. The number of hydrogen-bond donors (Lipinski definition) is 2. The summed E-state index contributed by atoms with van der Waals surface area (Å²) < 4.78 is 5.09. The molecule has 100 valence electrons. The summed E-state index contributed by atoms with van der Waals surface area (Å²) >= 11 is 0. The second kappa shape index (κ2) is 8.53. The second-order valence-electron chi connectivity index (χ2n) is 4.10. The molecule has 0 saturated heterocycles. The first-order valence-corrected chi connectivity index (χ1v) is 6.29. The second-order valence-corrected chi connectivity index (χ2v) is 4.10. The molecule has 18 heavy (non-hydrogen) atoms. The van der Waals surface area contributed by atoms with Gasteiger partial charge in [0.2, 0.25) is 5.91 Å². The molecule has 0 aromatic heterocycles. The predicted molar refractivity (Wildman–Crippen MR) is 73.8 cm³/mol. The minimum absolute atomic E-state index is 0.0875. The van der Waals surface area contributed by atoms with Crippen LogP contribution in [0.3, 0.4) is 0 Å². The van der Waals surface area contributed by atoms with Crippen molar-refractivity contribution in [1.82, 2.24) is 5.32 Å². The first-order chi connectivity index (χ1) is 8.77. The van der Waals surface area contributed by atoms with E-state index in [9.17, 15) is 4.79 Å². The van der Waals surface area contributed by atoms with Crippen LogP contribution in [0.1, 0.15) is 18.4 Å². The number of rotatable bonds is 8. The standard InChI is InChI=1S/C14H22N2O2/c1-15-14(17)8-5-10-16-13-7-4-3-6-12(13)9-11-18-2/h3-4,6-7,16H,5,8-11H2,1-2H3,(H,15,17). The minimum atomic E-state index is 0.0875. The van der Waals surface area contributed by atoms with Crippen LogP contribution < -0.4 is 10.6 Å². The SMILES string of the molecule is CNC(=O)CCCNc1ccccc1CCOC. The summed E-state index contributed by atoms with van der Waals surface area (Å²) in [5.74, 6) is 0.0875. The zero-order chi connectivity index (χ0) is 13.2. The molecule has 0 atom stereocenters. The van der Waals surface area contributed by atoms with Crippen molar-refractivity contribution in [3.63, 3.8) is 0 Å². The van der Waals surface area contributed by atoms with Crippen LogP contribution in [-0.4, -0.2) is 33.2 Å². The van der Waals surface area contributed by atoms with E-state index in [1.54, 1.807) is 14.2 Å². The zero-order valence-corrected chi connectivity index (χ0v) is 11.2. The fourth-order valence-corrected chi connectivity index (χ4v) is 1.72. The monoisotopic (exact) mass is 250 g/mol. The van der Waals surface area contributed by atoms with E-state index in [1.807, 2.05) is 12.1 Å². The van der Waals surface area contributed by atoms with Crippen LogP contribution in [0.2, 0.25) is 0 Å². The molecule has 0 aliphatic rings. The topological polar surface area (TPSA) is 50.4 Å². The summed E-state index contributed by atoms with van der Waals surface area (Å²) in [5, 5.41) is 5.99. The molecule has 0 unspecified atom stereocenters. The number of para-hydroxylation sites is 1. The van der Waals surface area contributed by atoms with E-state index >= 15 is 0 Å². The lowest BCUT2D eigenvalue weighted by Crippen LogP contribution is -2.18. The summed E-state index contributed by atoms with van der Waals surface area (Å²) in [5.41, 5.74) is 2.38. The summed E-state index contributed by atoms with van der Waals surface area (Å²) in [7, 11) is 3.37. The largest absolute Gasteiger partial charge is 0.385 e. The Kier molecular flexibility index (Phi) is 6.87. The molecular formula is C14H22N2O2. The highest BCUT2D eigenvalue weighted by molar-refractivity contribution is 5.75. The Morgan fingerprint density at radius 3 is 2.83 bits per heavy atom. The van der Waals surface area contributed by atoms with Gasteiger partial charge in [-0.1, -0.05) is 18.2 Å². The molecular weight excluding hydrogens is 228 g/mol. The van der Waals surface area contributed by atoms with Crippen molar-refractivity contribution < 1.29 is 9.53 Å². The van der Waals surface area contributed by atoms with E-state index < -0.39 is 0 Å². The lowest BCUT2D eigenvalue weighted by molar-refractivity contribution is -0.120. The lowest BCUT2D eigenvalue weighted by Gasteiger charge is -2.11. The minimum Gasteiger partial charge on any atom is -0.385 e. The Morgan fingerprint density at radius 2 is 2.11 bits per heavy atom. The van der Waals surface area contributed by atoms with Crippen LogP contribution in [0.15, 0.2) is 24.3 Å². The van der Waals surface area contributed by atoms with Crippen molar-refractivity contribution in [2.75, 3.05) is 32.6 Å². The van der Waals surface area contributed by atoms with Gasteiger partial charge in [0, 0.05) is 32.8 Å². The van der Waals surface area contributed by atoms with Gasteiger partial charge >= 0.3 is 0 Å². The maximum Gasteiger partial charge on any atom is 0.219 e. The van der Waals surface area contributed by atoms with Gasteiger partial charge in [0.05, 0.1) is 6.61 Å². The molecule has 1 aromatic carbocycles. The van der Waals surface area contributed by atoms with Crippen LogP contribution >= 0.6 is 0 Å². The Labute approximate surface area is 109 Å².